The number of likely N-dealkylation sites (tertiary alicyclic amines) is 1. The van der Waals surface area contributed by atoms with E-state index in [-0.39, 0.29) is 11.9 Å². The van der Waals surface area contributed by atoms with Crippen molar-refractivity contribution in [2.45, 2.75) is 39.2 Å². The Morgan fingerprint density at radius 2 is 2.28 bits per heavy atom. The Labute approximate surface area is 108 Å². The summed E-state index contributed by atoms with van der Waals surface area (Å²) in [5.74, 6) is 0.881. The molecule has 1 fully saturated rings. The van der Waals surface area contributed by atoms with Gasteiger partial charge in [0.05, 0.1) is 0 Å². The molecule has 1 N–H and O–H groups in total. The van der Waals surface area contributed by atoms with Gasteiger partial charge in [0.15, 0.2) is 0 Å². The fourth-order valence-electron chi connectivity index (χ4n) is 1.96. The lowest BCUT2D eigenvalue weighted by Gasteiger charge is -2.33. The zero-order chi connectivity index (χ0) is 13.0. The summed E-state index contributed by atoms with van der Waals surface area (Å²) < 4.78 is 0. The van der Waals surface area contributed by atoms with Crippen LogP contribution in [-0.2, 0) is 11.2 Å². The highest BCUT2D eigenvalue weighted by molar-refractivity contribution is 5.84. The summed E-state index contributed by atoms with van der Waals surface area (Å²) in [6.45, 7) is 5.76. The van der Waals surface area contributed by atoms with E-state index in [1.165, 1.54) is 0 Å². The molecular formula is C13H20N4O. The van der Waals surface area contributed by atoms with Gasteiger partial charge in [0.25, 0.3) is 0 Å². The van der Waals surface area contributed by atoms with Crippen LogP contribution in [0.15, 0.2) is 12.4 Å². The number of hydrogen-bond acceptors (Lipinski definition) is 4. The summed E-state index contributed by atoms with van der Waals surface area (Å²) in [5.41, 5.74) is 1.01. The molecule has 18 heavy (non-hydrogen) atoms. The summed E-state index contributed by atoms with van der Waals surface area (Å²) in [6.07, 6.45) is 4.66. The average Bonchev–Trinajstić information content (AvgIpc) is 2.27. The quantitative estimate of drug-likeness (QED) is 0.857. The van der Waals surface area contributed by atoms with Gasteiger partial charge in [-0.05, 0) is 19.8 Å². The van der Waals surface area contributed by atoms with Gasteiger partial charge >= 0.3 is 0 Å². The number of carbonyl (C=O) groups excluding carboxylic acids is 1. The third-order valence-electron chi connectivity index (χ3n) is 3.13. The molecule has 2 rings (SSSR count). The number of nitrogens with zero attached hydrogens (tertiary/aromatic N) is 3. The van der Waals surface area contributed by atoms with Gasteiger partial charge in [-0.2, -0.15) is 0 Å². The molecule has 0 unspecified atom stereocenters. The van der Waals surface area contributed by atoms with Crippen molar-refractivity contribution in [1.29, 1.82) is 0 Å². The van der Waals surface area contributed by atoms with E-state index in [9.17, 15) is 4.79 Å². The minimum atomic E-state index is -0.227. The zero-order valence-electron chi connectivity index (χ0n) is 11.0. The molecule has 1 amide bonds. The highest BCUT2D eigenvalue weighted by Crippen LogP contribution is 2.12. The average molecular weight is 248 g/mol. The Bertz CT molecular complexity index is 417. The van der Waals surface area contributed by atoms with E-state index in [0.717, 1.165) is 43.9 Å². The Kier molecular flexibility index (Phi) is 4.12. The largest absolute Gasteiger partial charge is 0.359 e. The van der Waals surface area contributed by atoms with Crippen LogP contribution < -0.4 is 5.32 Å². The maximum absolute atomic E-state index is 12.0. The van der Waals surface area contributed by atoms with Gasteiger partial charge in [-0.3, -0.25) is 4.79 Å². The van der Waals surface area contributed by atoms with Crippen molar-refractivity contribution in [3.63, 3.8) is 0 Å². The first-order valence-corrected chi connectivity index (χ1v) is 6.57. The Morgan fingerprint density at radius 1 is 1.50 bits per heavy atom. The predicted molar refractivity (Wildman–Crippen MR) is 70.3 cm³/mol. The third-order valence-corrected chi connectivity index (χ3v) is 3.13. The van der Waals surface area contributed by atoms with E-state index in [1.54, 1.807) is 6.33 Å². The molecule has 0 radical (unpaired) electrons. The van der Waals surface area contributed by atoms with Gasteiger partial charge in [-0.15, -0.1) is 0 Å². The van der Waals surface area contributed by atoms with Crippen molar-refractivity contribution >= 4 is 11.7 Å². The van der Waals surface area contributed by atoms with E-state index >= 15 is 0 Å². The van der Waals surface area contributed by atoms with Crippen LogP contribution in [0.25, 0.3) is 0 Å². The highest BCUT2D eigenvalue weighted by atomic mass is 16.2. The fourth-order valence-corrected chi connectivity index (χ4v) is 1.96. The molecule has 1 aliphatic heterocycles. The summed E-state index contributed by atoms with van der Waals surface area (Å²) in [7, 11) is 0. The summed E-state index contributed by atoms with van der Waals surface area (Å²) in [4.78, 5) is 22.2. The maximum atomic E-state index is 12.0. The van der Waals surface area contributed by atoms with Crippen LogP contribution in [0.1, 0.15) is 32.4 Å². The summed E-state index contributed by atoms with van der Waals surface area (Å²) in [6, 6.07) is 1.69. The van der Waals surface area contributed by atoms with E-state index in [2.05, 4.69) is 22.2 Å². The van der Waals surface area contributed by atoms with Crippen molar-refractivity contribution in [3.8, 4) is 0 Å². The van der Waals surface area contributed by atoms with Crippen LogP contribution in [0, 0.1) is 0 Å². The van der Waals surface area contributed by atoms with Crippen molar-refractivity contribution in [2.24, 2.45) is 0 Å². The molecule has 0 saturated carbocycles. The number of aryl methyl sites for hydroxylation is 1. The zero-order valence-corrected chi connectivity index (χ0v) is 11.0. The monoisotopic (exact) mass is 248 g/mol. The van der Waals surface area contributed by atoms with Gasteiger partial charge in [0.2, 0.25) is 5.91 Å². The Balaban J connectivity index is 1.95. The minimum absolute atomic E-state index is 0.150. The second kappa shape index (κ2) is 5.80. The van der Waals surface area contributed by atoms with E-state index < -0.39 is 0 Å². The number of hydrogen-bond donors (Lipinski definition) is 1. The molecule has 0 bridgehead atoms. The van der Waals surface area contributed by atoms with Crippen LogP contribution in [0.2, 0.25) is 0 Å². The van der Waals surface area contributed by atoms with Crippen LogP contribution in [0.5, 0.6) is 0 Å². The third kappa shape index (κ3) is 2.97. The Morgan fingerprint density at radius 3 is 2.89 bits per heavy atom. The van der Waals surface area contributed by atoms with Gasteiger partial charge in [-0.1, -0.05) is 13.3 Å². The van der Waals surface area contributed by atoms with E-state index in [0.29, 0.717) is 0 Å². The minimum Gasteiger partial charge on any atom is -0.359 e. The molecule has 5 nitrogen and oxygen atoms in total. The van der Waals surface area contributed by atoms with Crippen molar-refractivity contribution in [1.82, 2.24) is 14.9 Å². The molecule has 1 saturated heterocycles. The van der Waals surface area contributed by atoms with Crippen LogP contribution in [0.4, 0.5) is 5.82 Å². The van der Waals surface area contributed by atoms with Gasteiger partial charge in [-0.25, -0.2) is 9.97 Å². The first-order valence-electron chi connectivity index (χ1n) is 6.57. The van der Waals surface area contributed by atoms with Gasteiger partial charge < -0.3 is 10.2 Å². The number of nitrogens with one attached hydrogen (secondary N) is 1. The molecule has 98 valence electrons. The van der Waals surface area contributed by atoms with Crippen LogP contribution in [-0.4, -0.2) is 39.9 Å². The SMILES string of the molecule is CCCc1cc(N[C@H](C)C(=O)N2CCC2)ncn1. The molecule has 5 heteroatoms. The van der Waals surface area contributed by atoms with E-state index in [4.69, 9.17) is 0 Å². The summed E-state index contributed by atoms with van der Waals surface area (Å²) >= 11 is 0. The number of amides is 1. The van der Waals surface area contributed by atoms with Gasteiger partial charge in [0, 0.05) is 24.8 Å². The fraction of sp³-hybridized carbons (Fsp3) is 0.615. The number of carbonyl (C=O) groups is 1. The lowest BCUT2D eigenvalue weighted by molar-refractivity contribution is -0.135. The molecule has 0 aromatic carbocycles. The molecule has 1 atom stereocenters. The molecule has 0 spiro atoms. The highest BCUT2D eigenvalue weighted by Gasteiger charge is 2.25. The standard InChI is InChI=1S/C13H20N4O/c1-3-5-11-8-12(15-9-14-11)16-10(2)13(18)17-6-4-7-17/h8-10H,3-7H2,1-2H3,(H,14,15,16)/t10-/m1/s1. The van der Waals surface area contributed by atoms with Crippen molar-refractivity contribution < 1.29 is 4.79 Å². The van der Waals surface area contributed by atoms with Crippen LogP contribution >= 0.6 is 0 Å². The maximum Gasteiger partial charge on any atom is 0.244 e. The smallest absolute Gasteiger partial charge is 0.244 e. The number of rotatable bonds is 5. The molecule has 2 heterocycles. The lowest BCUT2D eigenvalue weighted by atomic mass is 10.1. The van der Waals surface area contributed by atoms with Crippen LogP contribution in [0.3, 0.4) is 0 Å². The topological polar surface area (TPSA) is 58.1 Å². The van der Waals surface area contributed by atoms with E-state index in [1.807, 2.05) is 17.9 Å². The lowest BCUT2D eigenvalue weighted by Crippen LogP contribution is -2.48. The molecular weight excluding hydrogens is 228 g/mol. The number of aromatic nitrogens is 2. The van der Waals surface area contributed by atoms with Crippen molar-refractivity contribution in [2.75, 3.05) is 18.4 Å². The first kappa shape index (κ1) is 12.8. The predicted octanol–water partition coefficient (Wildman–Crippen LogP) is 1.46. The molecule has 1 aromatic rings. The molecule has 1 aromatic heterocycles. The molecule has 1 aliphatic rings. The Hall–Kier alpha value is -1.65. The van der Waals surface area contributed by atoms with Gasteiger partial charge in [0.1, 0.15) is 18.2 Å². The second-order valence-electron chi connectivity index (χ2n) is 4.69. The normalized spacial score (nSPS) is 16.0. The second-order valence-corrected chi connectivity index (χ2v) is 4.69. The molecule has 0 aliphatic carbocycles. The summed E-state index contributed by atoms with van der Waals surface area (Å²) in [5, 5.41) is 3.15. The first-order chi connectivity index (χ1) is 8.70. The number of anilines is 1. The van der Waals surface area contributed by atoms with Crippen molar-refractivity contribution in [3.05, 3.63) is 18.1 Å².